The number of nitrogens with two attached hydrogens (primary N) is 8. The van der Waals surface area contributed by atoms with E-state index in [2.05, 4.69) is 69.1 Å². The molecule has 0 spiro atoms. The smallest absolute Gasteiger partial charge is 0.255 e. The van der Waals surface area contributed by atoms with Crippen molar-refractivity contribution in [3.8, 4) is 23.0 Å². The van der Waals surface area contributed by atoms with Gasteiger partial charge in [-0.25, -0.2) is 0 Å². The third-order valence-corrected chi connectivity index (χ3v) is 13.9. The van der Waals surface area contributed by atoms with Gasteiger partial charge in [-0.3, -0.25) is 70.8 Å². The molecule has 39 heteroatoms. The number of hydrogen-bond acceptors (Lipinski definition) is 19. The second-order valence-corrected chi connectivity index (χ2v) is 21.6. The van der Waals surface area contributed by atoms with Crippen LogP contribution in [0.25, 0.3) is 0 Å². The first-order chi connectivity index (χ1) is 47.1. The Morgan fingerprint density at radius 2 is 0.626 bits per heavy atom. The van der Waals surface area contributed by atoms with E-state index in [9.17, 15) is 38.4 Å². The van der Waals surface area contributed by atoms with Gasteiger partial charge in [0.25, 0.3) is 23.6 Å². The van der Waals surface area contributed by atoms with Gasteiger partial charge in [0.2, 0.25) is 23.6 Å². The predicted octanol–water partition coefficient (Wildman–Crippen LogP) is -2.94. The summed E-state index contributed by atoms with van der Waals surface area (Å²) < 4.78 is 22.6. The molecule has 0 radical (unpaired) electrons. The number of nitrogens with one attached hydrogen (secondary N) is 19. The van der Waals surface area contributed by atoms with Crippen molar-refractivity contribution in [2.24, 2.45) is 45.9 Å². The number of ether oxygens (including phenoxy) is 4. The molecule has 99 heavy (non-hydrogen) atoms. The van der Waals surface area contributed by atoms with Gasteiger partial charge < -0.3 is 134 Å². The summed E-state index contributed by atoms with van der Waals surface area (Å²) in [6, 6.07) is 11.2. The molecule has 0 fully saturated rings. The van der Waals surface area contributed by atoms with E-state index in [0.717, 1.165) is 0 Å². The summed E-state index contributed by atoms with van der Waals surface area (Å²) in [7, 11) is 2.63. The maximum atomic E-state index is 14.8. The molecule has 0 aliphatic heterocycles. The van der Waals surface area contributed by atoms with Crippen molar-refractivity contribution in [3.05, 3.63) is 95.1 Å². The lowest BCUT2D eigenvalue weighted by Gasteiger charge is -2.22. The van der Waals surface area contributed by atoms with Crippen LogP contribution >= 0.6 is 0 Å². The molecule has 4 aromatic rings. The molecule has 536 valence electrons. The normalized spacial score (nSPS) is 11.7. The van der Waals surface area contributed by atoms with Gasteiger partial charge in [0, 0.05) is 48.9 Å². The molecule has 0 unspecified atom stereocenters. The lowest BCUT2D eigenvalue weighted by molar-refractivity contribution is -0.118. The summed E-state index contributed by atoms with van der Waals surface area (Å²) in [6.45, 7) is 0.275. The van der Waals surface area contributed by atoms with Crippen LogP contribution in [-0.2, 0) is 19.2 Å². The maximum Gasteiger partial charge on any atom is 0.255 e. The Kier molecular flexibility index (Phi) is 32.4. The Labute approximate surface area is 568 Å². The predicted molar refractivity (Wildman–Crippen MR) is 371 cm³/mol. The van der Waals surface area contributed by atoms with Gasteiger partial charge >= 0.3 is 0 Å². The Bertz CT molecular complexity index is 3570. The fourth-order valence-electron chi connectivity index (χ4n) is 9.16. The number of carbonyl (C=O) groups excluding carboxylic acids is 8. The lowest BCUT2D eigenvalue weighted by Crippen LogP contribution is -2.45. The Morgan fingerprint density at radius 3 is 0.929 bits per heavy atom. The largest absolute Gasteiger partial charge is 0.496 e. The van der Waals surface area contributed by atoms with Crippen molar-refractivity contribution < 1.29 is 57.3 Å². The summed E-state index contributed by atoms with van der Waals surface area (Å²) >= 11 is 0. The fraction of sp³-hybridized carbons (Fsp3) is 0.367. The zero-order valence-electron chi connectivity index (χ0n) is 54.6. The number of rotatable bonds is 41. The highest BCUT2D eigenvalue weighted by Crippen LogP contribution is 2.28. The molecule has 0 bridgehead atoms. The van der Waals surface area contributed by atoms with Crippen LogP contribution in [0.2, 0.25) is 0 Å². The van der Waals surface area contributed by atoms with Gasteiger partial charge in [0.1, 0.15) is 54.3 Å². The second-order valence-electron chi connectivity index (χ2n) is 21.6. The van der Waals surface area contributed by atoms with E-state index in [0.29, 0.717) is 13.0 Å². The van der Waals surface area contributed by atoms with Crippen molar-refractivity contribution in [2.75, 3.05) is 88.0 Å². The van der Waals surface area contributed by atoms with E-state index in [4.69, 9.17) is 97.3 Å². The molecule has 0 heterocycles. The van der Waals surface area contributed by atoms with Crippen molar-refractivity contribution in [1.82, 2.24) is 47.9 Å². The van der Waals surface area contributed by atoms with E-state index in [1.54, 1.807) is 0 Å². The third-order valence-electron chi connectivity index (χ3n) is 13.9. The van der Waals surface area contributed by atoms with Gasteiger partial charge in [0.05, 0.1) is 55.6 Å². The van der Waals surface area contributed by atoms with Gasteiger partial charge in [-0.1, -0.05) is 0 Å². The van der Waals surface area contributed by atoms with Crippen LogP contribution in [0, 0.1) is 32.5 Å². The molecule has 4 atom stereocenters. The molecule has 39 nitrogen and oxygen atoms in total. The van der Waals surface area contributed by atoms with Gasteiger partial charge in [-0.2, -0.15) is 0 Å². The minimum atomic E-state index is -1.43. The van der Waals surface area contributed by atoms with Crippen molar-refractivity contribution in [1.29, 1.82) is 32.5 Å². The van der Waals surface area contributed by atoms with Gasteiger partial charge in [-0.05, 0) is 124 Å². The highest BCUT2D eigenvalue weighted by Gasteiger charge is 2.29. The van der Waals surface area contributed by atoms with E-state index in [1.807, 2.05) is 0 Å². The van der Waals surface area contributed by atoms with Crippen LogP contribution in [-0.4, -0.2) is 174 Å². The number of anilines is 4. The van der Waals surface area contributed by atoms with Crippen LogP contribution in [0.4, 0.5) is 22.7 Å². The second kappa shape index (κ2) is 40.6. The van der Waals surface area contributed by atoms with Crippen molar-refractivity contribution >= 4 is 106 Å². The Morgan fingerprint density at radius 1 is 0.364 bits per heavy atom. The molecular weight excluding hydrogens is 1290 g/mol. The zero-order valence-corrected chi connectivity index (χ0v) is 54.6. The van der Waals surface area contributed by atoms with Gasteiger partial charge in [-0.15, -0.1) is 0 Å². The fourth-order valence-corrected chi connectivity index (χ4v) is 9.16. The minimum Gasteiger partial charge on any atom is -0.496 e. The first kappa shape index (κ1) is 78.9. The molecule has 35 N–H and O–H groups in total. The van der Waals surface area contributed by atoms with Crippen LogP contribution in [0.3, 0.4) is 0 Å². The number of primary amides is 1. The molecule has 4 rings (SSSR count). The van der Waals surface area contributed by atoms with Crippen molar-refractivity contribution in [3.63, 3.8) is 0 Å². The van der Waals surface area contributed by atoms with Crippen LogP contribution in [0.1, 0.15) is 92.8 Å². The number of methoxy groups -OCH3 is 2. The van der Waals surface area contributed by atoms with E-state index < -0.39 is 71.4 Å². The highest BCUT2D eigenvalue weighted by molar-refractivity contribution is 6.08. The van der Waals surface area contributed by atoms with Crippen molar-refractivity contribution in [2.45, 2.75) is 75.5 Å². The van der Waals surface area contributed by atoms with Crippen LogP contribution < -0.4 is 134 Å². The first-order valence-electron chi connectivity index (χ1n) is 30.7. The molecule has 0 saturated carbocycles. The molecule has 0 aliphatic rings. The van der Waals surface area contributed by atoms with Gasteiger partial charge in [0.15, 0.2) is 35.8 Å². The first-order valence-corrected chi connectivity index (χ1v) is 30.7. The summed E-state index contributed by atoms with van der Waals surface area (Å²) in [5, 5.41) is 79.9. The molecule has 0 saturated heterocycles. The number of amides is 8. The van der Waals surface area contributed by atoms with E-state index in [-0.39, 0.29) is 195 Å². The summed E-state index contributed by atoms with van der Waals surface area (Å²) in [5.41, 5.74) is 44.1. The minimum absolute atomic E-state index is 0.00785. The molecule has 4 aromatic carbocycles. The average molecular weight is 1380 g/mol. The Hall–Kier alpha value is -12.6. The molecule has 0 aromatic heterocycles. The number of carbonyl (C=O) groups is 8. The number of benzene rings is 4. The standard InChI is InChI=1S/C60H89N27O12/c1-96-43-15-11-31(27-35(43)47(62)88)82-52(93)41(9-5-21-77-57(67)68)86-49(90)37-30-34(14-18-45(37)98-25-23-79-59(71)72)84-54(95)42(10-6-22-78-58(69)70)87-50(91)38-29-33(13-17-46(38)99-26-24-80-60(73)74)83-53(94)40(8-4-20-76-56(65)66)85-48(89)36-28-32(12-16-44(36)97-2)81-51(92)39(61)7-3-19-75-55(63)64/h11-18,27-30,39-42H,3-10,19-26,61H2,1-2H3,(H2,62,88)(H,81,92)(H,82,93)(H,83,94)(H,84,95)(H,85,89)(H,86,90)(H,87,91)(H4,63,64,75)(H4,65,66,76)(H4,67,68,77)(H4,69,70,78)(H4,71,72,79)(H4,73,74,80)/t39-,40-,41-,42-/m1/s1. The third kappa shape index (κ3) is 28.1. The zero-order chi connectivity index (χ0) is 73.1. The van der Waals surface area contributed by atoms with Crippen LogP contribution in [0.15, 0.2) is 72.8 Å². The number of hydrogen-bond donors (Lipinski definition) is 27. The maximum absolute atomic E-state index is 14.8. The SMILES string of the molecule is COc1ccc(NC(=O)[C@@H](CCCNC(=N)N)NC(=O)c2cc(NC(=O)[C@@H](CCCNC(=N)N)NC(=O)c3cc(NC(=O)[C@@H](CCCNC(=N)N)NC(=O)c4cc(NC(=O)[C@H](N)CCCNC(=N)N)ccc4OC)ccc3OCCNC(=N)N)ccc2OCCNC(=N)N)cc1C(N)=O. The topological polar surface area (TPSA) is 681 Å². The quantitative estimate of drug-likeness (QED) is 0.0120. The summed E-state index contributed by atoms with van der Waals surface area (Å²) in [5.74, 6) is -8.45. The van der Waals surface area contributed by atoms with E-state index in [1.165, 1.54) is 87.0 Å². The summed E-state index contributed by atoms with van der Waals surface area (Å²) in [6.07, 6.45) is 0.902. The van der Waals surface area contributed by atoms with E-state index >= 15 is 0 Å². The monoisotopic (exact) mass is 1380 g/mol. The lowest BCUT2D eigenvalue weighted by atomic mass is 10.1. The molecule has 8 amide bonds. The molecular formula is C60H89N27O12. The van der Waals surface area contributed by atoms with Crippen LogP contribution in [0.5, 0.6) is 23.0 Å². The average Bonchev–Trinajstić information content (AvgIpc) is 0.860. The summed E-state index contributed by atoms with van der Waals surface area (Å²) in [4.78, 5) is 112. The highest BCUT2D eigenvalue weighted by atomic mass is 16.5. The Balaban J connectivity index is 1.72. The molecule has 0 aliphatic carbocycles. The number of guanidine groups is 6.